The lowest BCUT2D eigenvalue weighted by Crippen LogP contribution is -2.48. The van der Waals surface area contributed by atoms with Gasteiger partial charge in [0.1, 0.15) is 0 Å². The molecule has 0 spiro atoms. The summed E-state index contributed by atoms with van der Waals surface area (Å²) in [5.41, 5.74) is 2.14. The van der Waals surface area contributed by atoms with E-state index in [1.807, 2.05) is 0 Å². The standard InChI is InChI=1S/C16H23NO/c1-13-5-2-3-6-14(13)11-16(18)8-10-17-9-4-7-15(17)12-16/h2-3,5-6,15,18H,4,7-12H2,1H3. The Kier molecular flexibility index (Phi) is 3.16. The summed E-state index contributed by atoms with van der Waals surface area (Å²) in [6.07, 6.45) is 5.30. The Bertz CT molecular complexity index is 431. The van der Waals surface area contributed by atoms with Gasteiger partial charge in [0.25, 0.3) is 0 Å². The zero-order valence-electron chi connectivity index (χ0n) is 11.2. The van der Waals surface area contributed by atoms with Gasteiger partial charge in [0.05, 0.1) is 5.60 Å². The number of aryl methyl sites for hydroxylation is 1. The predicted octanol–water partition coefficient (Wildman–Crippen LogP) is 2.53. The summed E-state index contributed by atoms with van der Waals surface area (Å²) in [7, 11) is 0. The molecular weight excluding hydrogens is 222 g/mol. The van der Waals surface area contributed by atoms with Crippen LogP contribution in [0.15, 0.2) is 24.3 Å². The highest BCUT2D eigenvalue weighted by Crippen LogP contribution is 2.35. The van der Waals surface area contributed by atoms with Gasteiger partial charge in [-0.1, -0.05) is 24.3 Å². The Morgan fingerprint density at radius 3 is 3.00 bits per heavy atom. The van der Waals surface area contributed by atoms with Gasteiger partial charge in [0.15, 0.2) is 0 Å². The van der Waals surface area contributed by atoms with E-state index >= 15 is 0 Å². The van der Waals surface area contributed by atoms with Gasteiger partial charge >= 0.3 is 0 Å². The van der Waals surface area contributed by atoms with Gasteiger partial charge in [-0.15, -0.1) is 0 Å². The summed E-state index contributed by atoms with van der Waals surface area (Å²) in [4.78, 5) is 2.56. The quantitative estimate of drug-likeness (QED) is 0.865. The average molecular weight is 245 g/mol. The minimum absolute atomic E-state index is 0.475. The number of nitrogens with zero attached hydrogens (tertiary/aromatic N) is 1. The monoisotopic (exact) mass is 245 g/mol. The number of hydrogen-bond donors (Lipinski definition) is 1. The van der Waals surface area contributed by atoms with E-state index in [4.69, 9.17) is 0 Å². The van der Waals surface area contributed by atoms with E-state index in [9.17, 15) is 5.11 Å². The highest BCUT2D eigenvalue weighted by atomic mass is 16.3. The van der Waals surface area contributed by atoms with Crippen molar-refractivity contribution in [3.8, 4) is 0 Å². The molecule has 2 aliphatic rings. The molecule has 0 aromatic heterocycles. The van der Waals surface area contributed by atoms with Gasteiger partial charge < -0.3 is 10.0 Å². The Morgan fingerprint density at radius 1 is 1.33 bits per heavy atom. The van der Waals surface area contributed by atoms with Crippen molar-refractivity contribution in [2.75, 3.05) is 13.1 Å². The van der Waals surface area contributed by atoms with Crippen molar-refractivity contribution < 1.29 is 5.11 Å². The van der Waals surface area contributed by atoms with E-state index in [1.165, 1.54) is 30.5 Å². The van der Waals surface area contributed by atoms with E-state index in [-0.39, 0.29) is 0 Å². The van der Waals surface area contributed by atoms with Crippen molar-refractivity contribution in [1.29, 1.82) is 0 Å². The number of aliphatic hydroxyl groups is 1. The Hall–Kier alpha value is -0.860. The highest BCUT2D eigenvalue weighted by molar-refractivity contribution is 5.27. The highest BCUT2D eigenvalue weighted by Gasteiger charge is 2.40. The lowest BCUT2D eigenvalue weighted by atomic mass is 9.81. The number of fused-ring (bicyclic) bond motifs is 1. The van der Waals surface area contributed by atoms with Crippen molar-refractivity contribution in [3.05, 3.63) is 35.4 Å². The fourth-order valence-electron chi connectivity index (χ4n) is 3.64. The summed E-state index contributed by atoms with van der Waals surface area (Å²) in [6, 6.07) is 9.09. The Morgan fingerprint density at radius 2 is 2.17 bits per heavy atom. The van der Waals surface area contributed by atoms with Gasteiger partial charge in [-0.25, -0.2) is 0 Å². The number of hydrogen-bond acceptors (Lipinski definition) is 2. The van der Waals surface area contributed by atoms with Gasteiger partial charge in [-0.3, -0.25) is 0 Å². The molecule has 2 saturated heterocycles. The first kappa shape index (κ1) is 12.2. The van der Waals surface area contributed by atoms with Crippen LogP contribution in [0.25, 0.3) is 0 Å². The summed E-state index contributed by atoms with van der Waals surface area (Å²) in [5, 5.41) is 10.9. The van der Waals surface area contributed by atoms with E-state index in [0.717, 1.165) is 25.8 Å². The third kappa shape index (κ3) is 2.32. The van der Waals surface area contributed by atoms with Crippen LogP contribution in [0.3, 0.4) is 0 Å². The molecule has 2 nitrogen and oxygen atoms in total. The second-order valence-electron chi connectivity index (χ2n) is 6.11. The molecule has 1 N–H and O–H groups in total. The molecule has 1 aromatic rings. The van der Waals surface area contributed by atoms with Crippen LogP contribution >= 0.6 is 0 Å². The summed E-state index contributed by atoms with van der Waals surface area (Å²) in [6.45, 7) is 4.46. The predicted molar refractivity (Wildman–Crippen MR) is 73.7 cm³/mol. The normalized spacial score (nSPS) is 32.4. The van der Waals surface area contributed by atoms with Gasteiger partial charge in [0.2, 0.25) is 0 Å². The molecule has 3 rings (SSSR count). The molecule has 2 heterocycles. The minimum Gasteiger partial charge on any atom is -0.389 e. The van der Waals surface area contributed by atoms with Crippen LogP contribution in [0.1, 0.15) is 36.8 Å². The maximum absolute atomic E-state index is 10.9. The average Bonchev–Trinajstić information content (AvgIpc) is 2.79. The van der Waals surface area contributed by atoms with Crippen LogP contribution in [-0.4, -0.2) is 34.7 Å². The van der Waals surface area contributed by atoms with Crippen molar-refractivity contribution in [2.45, 2.75) is 50.7 Å². The molecule has 0 bridgehead atoms. The molecule has 0 amide bonds. The van der Waals surface area contributed by atoms with Crippen molar-refractivity contribution in [1.82, 2.24) is 4.90 Å². The topological polar surface area (TPSA) is 23.5 Å². The van der Waals surface area contributed by atoms with E-state index in [0.29, 0.717) is 6.04 Å². The maximum Gasteiger partial charge on any atom is 0.0715 e. The molecule has 18 heavy (non-hydrogen) atoms. The maximum atomic E-state index is 10.9. The van der Waals surface area contributed by atoms with Crippen molar-refractivity contribution in [2.24, 2.45) is 0 Å². The van der Waals surface area contributed by atoms with Gasteiger partial charge in [-0.2, -0.15) is 0 Å². The Labute approximate surface area is 110 Å². The third-order valence-electron chi connectivity index (χ3n) is 4.76. The van der Waals surface area contributed by atoms with Crippen LogP contribution < -0.4 is 0 Å². The number of piperidine rings is 1. The van der Waals surface area contributed by atoms with E-state index in [1.54, 1.807) is 0 Å². The largest absolute Gasteiger partial charge is 0.389 e. The first-order chi connectivity index (χ1) is 8.66. The zero-order valence-corrected chi connectivity index (χ0v) is 11.2. The molecule has 98 valence electrons. The van der Waals surface area contributed by atoms with Crippen LogP contribution in [0, 0.1) is 6.92 Å². The van der Waals surface area contributed by atoms with Crippen molar-refractivity contribution >= 4 is 0 Å². The second-order valence-corrected chi connectivity index (χ2v) is 6.11. The molecular formula is C16H23NO. The van der Waals surface area contributed by atoms with Crippen molar-refractivity contribution in [3.63, 3.8) is 0 Å². The number of rotatable bonds is 2. The van der Waals surface area contributed by atoms with E-state index in [2.05, 4.69) is 36.1 Å². The zero-order chi connectivity index (χ0) is 12.6. The van der Waals surface area contributed by atoms with Crippen LogP contribution in [-0.2, 0) is 6.42 Å². The second kappa shape index (κ2) is 4.67. The fraction of sp³-hybridized carbons (Fsp3) is 0.625. The molecule has 1 aromatic carbocycles. The third-order valence-corrected chi connectivity index (χ3v) is 4.76. The molecule has 0 aliphatic carbocycles. The van der Waals surface area contributed by atoms with E-state index < -0.39 is 5.60 Å². The fourth-order valence-corrected chi connectivity index (χ4v) is 3.64. The summed E-state index contributed by atoms with van der Waals surface area (Å²) in [5.74, 6) is 0. The number of benzene rings is 1. The first-order valence-corrected chi connectivity index (χ1v) is 7.17. The Balaban J connectivity index is 1.74. The molecule has 2 unspecified atom stereocenters. The molecule has 2 atom stereocenters. The molecule has 0 saturated carbocycles. The summed E-state index contributed by atoms with van der Waals surface area (Å²) < 4.78 is 0. The molecule has 0 radical (unpaired) electrons. The smallest absolute Gasteiger partial charge is 0.0715 e. The SMILES string of the molecule is Cc1ccccc1CC1(O)CCN2CCCC2C1. The summed E-state index contributed by atoms with van der Waals surface area (Å²) >= 11 is 0. The lowest BCUT2D eigenvalue weighted by Gasteiger charge is -2.41. The molecule has 2 heteroatoms. The van der Waals surface area contributed by atoms with Gasteiger partial charge in [0, 0.05) is 19.0 Å². The first-order valence-electron chi connectivity index (χ1n) is 7.17. The van der Waals surface area contributed by atoms with Crippen LogP contribution in [0.4, 0.5) is 0 Å². The van der Waals surface area contributed by atoms with Gasteiger partial charge in [-0.05, 0) is 50.3 Å². The van der Waals surface area contributed by atoms with Crippen LogP contribution in [0.5, 0.6) is 0 Å². The lowest BCUT2D eigenvalue weighted by molar-refractivity contribution is -0.0354. The molecule has 2 aliphatic heterocycles. The minimum atomic E-state index is -0.475. The molecule has 2 fully saturated rings. The van der Waals surface area contributed by atoms with Crippen LogP contribution in [0.2, 0.25) is 0 Å².